The summed E-state index contributed by atoms with van der Waals surface area (Å²) in [7, 11) is 0. The number of aromatic nitrogens is 2. The predicted octanol–water partition coefficient (Wildman–Crippen LogP) is 1.05. The minimum Gasteiger partial charge on any atom is -0.475 e. The van der Waals surface area contributed by atoms with Gasteiger partial charge in [-0.05, 0) is 6.07 Å². The molecule has 0 unspecified atom stereocenters. The Hall–Kier alpha value is -1.20. The molecule has 0 atom stereocenters. The van der Waals surface area contributed by atoms with Crippen LogP contribution in [0.5, 0.6) is 0 Å². The van der Waals surface area contributed by atoms with Gasteiger partial charge in [0, 0.05) is 0 Å². The number of hydrogen-bond acceptors (Lipinski definition) is 4. The van der Waals surface area contributed by atoms with Gasteiger partial charge in [-0.2, -0.15) is 0 Å². The van der Waals surface area contributed by atoms with Gasteiger partial charge in [-0.1, -0.05) is 23.2 Å². The van der Waals surface area contributed by atoms with Crippen LogP contribution in [-0.4, -0.2) is 27.1 Å². The smallest absolute Gasteiger partial charge is 0.377 e. The number of carboxylic acids is 1. The molecule has 0 spiro atoms. The highest BCUT2D eigenvalue weighted by Gasteiger charge is 2.19. The number of carbonyl (C=O) groups is 2. The largest absolute Gasteiger partial charge is 0.475 e. The van der Waals surface area contributed by atoms with Gasteiger partial charge in [-0.3, -0.25) is 4.79 Å². The van der Waals surface area contributed by atoms with Crippen LogP contribution < -0.4 is 0 Å². The van der Waals surface area contributed by atoms with Gasteiger partial charge in [0.05, 0.1) is 5.56 Å². The number of ketones is 1. The monoisotopic (exact) mass is 220 g/mol. The van der Waals surface area contributed by atoms with Crippen molar-refractivity contribution >= 4 is 35.0 Å². The van der Waals surface area contributed by atoms with Crippen molar-refractivity contribution in [3.63, 3.8) is 0 Å². The summed E-state index contributed by atoms with van der Waals surface area (Å²) in [5.74, 6) is -2.78. The fourth-order valence-corrected chi connectivity index (χ4v) is 0.953. The Labute approximate surface area is 82.3 Å². The van der Waals surface area contributed by atoms with Crippen molar-refractivity contribution in [3.05, 3.63) is 21.9 Å². The van der Waals surface area contributed by atoms with Crippen LogP contribution in [0.25, 0.3) is 0 Å². The van der Waals surface area contributed by atoms with Gasteiger partial charge in [0.15, 0.2) is 10.3 Å². The van der Waals surface area contributed by atoms with Crippen LogP contribution >= 0.6 is 23.2 Å². The van der Waals surface area contributed by atoms with Crippen LogP contribution in [0.15, 0.2) is 6.07 Å². The number of carboxylic acid groups (broad SMARTS) is 1. The van der Waals surface area contributed by atoms with E-state index in [0.717, 1.165) is 6.07 Å². The molecule has 1 N–H and O–H groups in total. The van der Waals surface area contributed by atoms with E-state index < -0.39 is 11.8 Å². The van der Waals surface area contributed by atoms with Gasteiger partial charge >= 0.3 is 5.97 Å². The third-order valence-corrected chi connectivity index (χ3v) is 1.62. The maximum Gasteiger partial charge on any atom is 0.377 e. The molecule has 1 aromatic heterocycles. The zero-order chi connectivity index (χ0) is 10.0. The van der Waals surface area contributed by atoms with Crippen molar-refractivity contribution in [2.45, 2.75) is 0 Å². The summed E-state index contributed by atoms with van der Waals surface area (Å²) in [6.07, 6.45) is 0. The molecule has 0 aliphatic carbocycles. The Kier molecular flexibility index (Phi) is 2.79. The molecule has 0 aliphatic heterocycles. The Balaban J connectivity index is 3.21. The maximum atomic E-state index is 10.9. The van der Waals surface area contributed by atoms with Crippen molar-refractivity contribution in [1.82, 2.24) is 10.2 Å². The van der Waals surface area contributed by atoms with E-state index in [1.54, 1.807) is 0 Å². The first kappa shape index (κ1) is 9.88. The first-order chi connectivity index (χ1) is 6.02. The quantitative estimate of drug-likeness (QED) is 0.596. The van der Waals surface area contributed by atoms with Gasteiger partial charge in [-0.15, -0.1) is 10.2 Å². The predicted molar refractivity (Wildman–Crippen MR) is 44.0 cm³/mol. The molecule has 0 bridgehead atoms. The van der Waals surface area contributed by atoms with Gasteiger partial charge in [0.1, 0.15) is 0 Å². The number of rotatable bonds is 2. The number of Topliss-reactive ketones (excluding diaryl/α,β-unsaturated/α-hetero) is 1. The Morgan fingerprint density at radius 3 is 2.46 bits per heavy atom. The second kappa shape index (κ2) is 3.68. The highest BCUT2D eigenvalue weighted by molar-refractivity contribution is 6.45. The van der Waals surface area contributed by atoms with Gasteiger partial charge in [0.2, 0.25) is 0 Å². The van der Waals surface area contributed by atoms with Gasteiger partial charge in [0.25, 0.3) is 5.78 Å². The number of halogens is 2. The first-order valence-corrected chi connectivity index (χ1v) is 3.74. The Morgan fingerprint density at radius 1 is 1.31 bits per heavy atom. The van der Waals surface area contributed by atoms with Crippen LogP contribution in [0.2, 0.25) is 10.3 Å². The average molecular weight is 221 g/mol. The number of carbonyl (C=O) groups excluding carboxylic acids is 1. The van der Waals surface area contributed by atoms with Gasteiger partial charge in [-0.25, -0.2) is 4.79 Å². The van der Waals surface area contributed by atoms with Crippen molar-refractivity contribution < 1.29 is 14.7 Å². The van der Waals surface area contributed by atoms with Crippen LogP contribution in [-0.2, 0) is 4.79 Å². The number of aliphatic carboxylic acids is 1. The lowest BCUT2D eigenvalue weighted by molar-refractivity contribution is -0.131. The molecule has 5 nitrogen and oxygen atoms in total. The van der Waals surface area contributed by atoms with Gasteiger partial charge < -0.3 is 5.11 Å². The van der Waals surface area contributed by atoms with Crippen LogP contribution in [0.1, 0.15) is 10.4 Å². The molecule has 7 heteroatoms. The molecule has 0 saturated heterocycles. The molecular formula is C6H2Cl2N2O3. The second-order valence-electron chi connectivity index (χ2n) is 2.01. The van der Waals surface area contributed by atoms with Crippen molar-refractivity contribution in [2.24, 2.45) is 0 Å². The minimum atomic E-state index is -1.62. The minimum absolute atomic E-state index is 0.0889. The van der Waals surface area contributed by atoms with E-state index in [0.29, 0.717) is 0 Å². The third kappa shape index (κ3) is 2.13. The van der Waals surface area contributed by atoms with E-state index in [2.05, 4.69) is 10.2 Å². The lowest BCUT2D eigenvalue weighted by Gasteiger charge is -1.97. The van der Waals surface area contributed by atoms with E-state index in [1.807, 2.05) is 0 Å². The van der Waals surface area contributed by atoms with E-state index in [9.17, 15) is 9.59 Å². The molecule has 1 aromatic rings. The van der Waals surface area contributed by atoms with Crippen molar-refractivity contribution in [1.29, 1.82) is 0 Å². The fraction of sp³-hybridized carbons (Fsp3) is 0. The number of nitrogens with zero attached hydrogens (tertiary/aromatic N) is 2. The molecule has 0 aromatic carbocycles. The second-order valence-corrected chi connectivity index (χ2v) is 2.75. The lowest BCUT2D eigenvalue weighted by Crippen LogP contribution is -2.14. The summed E-state index contributed by atoms with van der Waals surface area (Å²) >= 11 is 10.8. The average Bonchev–Trinajstić information content (AvgIpc) is 2.08. The molecule has 0 fully saturated rings. The highest BCUT2D eigenvalue weighted by atomic mass is 35.5. The lowest BCUT2D eigenvalue weighted by atomic mass is 10.2. The van der Waals surface area contributed by atoms with Crippen LogP contribution in [0.3, 0.4) is 0 Å². The standard InChI is InChI=1S/C6H2Cl2N2O3/c7-3-1-2(4(11)6(12)13)5(8)10-9-3/h1H,(H,12,13). The normalized spacial score (nSPS) is 9.69. The summed E-state index contributed by atoms with van der Waals surface area (Å²) in [6.45, 7) is 0. The van der Waals surface area contributed by atoms with Crippen LogP contribution in [0.4, 0.5) is 0 Å². The molecule has 0 saturated carbocycles. The Bertz CT molecular complexity index is 380. The van der Waals surface area contributed by atoms with E-state index in [-0.39, 0.29) is 15.9 Å². The maximum absolute atomic E-state index is 10.9. The topological polar surface area (TPSA) is 80.1 Å². The summed E-state index contributed by atoms with van der Waals surface area (Å²) in [6, 6.07) is 1.05. The Morgan fingerprint density at radius 2 is 1.92 bits per heavy atom. The molecule has 0 amide bonds. The summed E-state index contributed by atoms with van der Waals surface area (Å²) in [4.78, 5) is 21.2. The zero-order valence-corrected chi connectivity index (χ0v) is 7.50. The van der Waals surface area contributed by atoms with Crippen molar-refractivity contribution in [2.75, 3.05) is 0 Å². The SMILES string of the molecule is O=C(O)C(=O)c1cc(Cl)nnc1Cl. The zero-order valence-electron chi connectivity index (χ0n) is 5.99. The number of hydrogen-bond donors (Lipinski definition) is 1. The van der Waals surface area contributed by atoms with E-state index in [1.165, 1.54) is 0 Å². The van der Waals surface area contributed by atoms with Crippen molar-refractivity contribution in [3.8, 4) is 0 Å². The molecule has 68 valence electrons. The molecule has 0 aliphatic rings. The molecule has 13 heavy (non-hydrogen) atoms. The third-order valence-electron chi connectivity index (χ3n) is 1.16. The molecular weight excluding hydrogens is 219 g/mol. The van der Waals surface area contributed by atoms with Crippen LogP contribution in [0, 0.1) is 0 Å². The summed E-state index contributed by atoms with van der Waals surface area (Å²) in [5, 5.41) is 14.6. The summed E-state index contributed by atoms with van der Waals surface area (Å²) < 4.78 is 0. The summed E-state index contributed by atoms with van der Waals surface area (Å²) in [5.41, 5.74) is -0.269. The highest BCUT2D eigenvalue weighted by Crippen LogP contribution is 2.15. The fourth-order valence-electron chi connectivity index (χ4n) is 0.627. The van der Waals surface area contributed by atoms with E-state index >= 15 is 0 Å². The molecule has 1 heterocycles. The molecule has 0 radical (unpaired) electrons. The van der Waals surface area contributed by atoms with E-state index in [4.69, 9.17) is 28.3 Å². The first-order valence-electron chi connectivity index (χ1n) is 2.98. The molecule has 1 rings (SSSR count).